The molecule has 2 nitrogen and oxygen atoms in total. The molecule has 0 saturated carbocycles. The maximum atomic E-state index is 6.07. The zero-order chi connectivity index (χ0) is 16.5. The lowest BCUT2D eigenvalue weighted by atomic mass is 10.0. The minimum atomic E-state index is 0.181. The number of alkyl halides is 1. The fourth-order valence-corrected chi connectivity index (χ4v) is 3.36. The summed E-state index contributed by atoms with van der Waals surface area (Å²) in [7, 11) is 0. The van der Waals surface area contributed by atoms with Gasteiger partial charge >= 0.3 is 0 Å². The quantitative estimate of drug-likeness (QED) is 0.511. The third-order valence-electron chi connectivity index (χ3n) is 4.47. The highest BCUT2D eigenvalue weighted by Gasteiger charge is 2.28. The molecule has 1 atom stereocenters. The molecule has 3 aromatic rings. The van der Waals surface area contributed by atoms with Crippen LogP contribution in [0.15, 0.2) is 72.8 Å². The lowest BCUT2D eigenvalue weighted by Gasteiger charge is -2.37. The highest BCUT2D eigenvalue weighted by molar-refractivity contribution is 6.17. The van der Waals surface area contributed by atoms with Crippen LogP contribution in [0.3, 0.4) is 0 Å². The highest BCUT2D eigenvalue weighted by Crippen LogP contribution is 2.49. The van der Waals surface area contributed by atoms with Gasteiger partial charge in [-0.05, 0) is 42.3 Å². The number of hydrogen-bond donors (Lipinski definition) is 0. The molecular weight excluding hydrogens is 318 g/mol. The Balaban J connectivity index is 1.81. The van der Waals surface area contributed by atoms with Crippen LogP contribution in [0, 0.1) is 0 Å². The number of benzene rings is 3. The molecule has 3 aromatic carbocycles. The van der Waals surface area contributed by atoms with Crippen molar-refractivity contribution in [2.75, 3.05) is 4.90 Å². The van der Waals surface area contributed by atoms with Crippen molar-refractivity contribution in [2.45, 2.75) is 18.8 Å². The van der Waals surface area contributed by atoms with Crippen molar-refractivity contribution in [3.63, 3.8) is 0 Å². The van der Waals surface area contributed by atoms with E-state index in [9.17, 15) is 0 Å². The predicted molar refractivity (Wildman–Crippen MR) is 99.5 cm³/mol. The first-order valence-corrected chi connectivity index (χ1v) is 8.61. The van der Waals surface area contributed by atoms with Gasteiger partial charge in [0.2, 0.25) is 0 Å². The van der Waals surface area contributed by atoms with Crippen LogP contribution >= 0.6 is 11.6 Å². The number of halogens is 1. The van der Waals surface area contributed by atoms with Crippen LogP contribution in [0.25, 0.3) is 0 Å². The molecule has 1 heterocycles. The second-order valence-corrected chi connectivity index (χ2v) is 6.23. The maximum absolute atomic E-state index is 6.07. The van der Waals surface area contributed by atoms with Gasteiger partial charge in [-0.2, -0.15) is 0 Å². The van der Waals surface area contributed by atoms with Gasteiger partial charge in [-0.1, -0.05) is 48.5 Å². The summed E-state index contributed by atoms with van der Waals surface area (Å²) in [4.78, 5) is 2.34. The Morgan fingerprint density at radius 1 is 0.833 bits per heavy atom. The molecule has 0 N–H and O–H groups in total. The van der Waals surface area contributed by atoms with Gasteiger partial charge in [0.25, 0.3) is 0 Å². The van der Waals surface area contributed by atoms with Crippen LogP contribution in [-0.2, 0) is 5.88 Å². The fourth-order valence-electron chi connectivity index (χ4n) is 3.18. The van der Waals surface area contributed by atoms with E-state index in [4.69, 9.17) is 16.3 Å². The largest absolute Gasteiger partial charge is 0.453 e. The molecule has 0 aliphatic carbocycles. The fraction of sp³-hybridized carbons (Fsp3) is 0.143. The van der Waals surface area contributed by atoms with Gasteiger partial charge < -0.3 is 9.64 Å². The third-order valence-corrected chi connectivity index (χ3v) is 4.78. The first-order valence-electron chi connectivity index (χ1n) is 8.08. The zero-order valence-corrected chi connectivity index (χ0v) is 14.2. The van der Waals surface area contributed by atoms with E-state index in [0.717, 1.165) is 28.4 Å². The molecule has 24 heavy (non-hydrogen) atoms. The summed E-state index contributed by atoms with van der Waals surface area (Å²) in [5.41, 5.74) is 4.56. The van der Waals surface area contributed by atoms with Crippen molar-refractivity contribution in [3.8, 4) is 11.5 Å². The van der Waals surface area contributed by atoms with Crippen molar-refractivity contribution < 1.29 is 4.74 Å². The topological polar surface area (TPSA) is 12.5 Å². The lowest BCUT2D eigenvalue weighted by molar-refractivity contribution is 0.468. The Labute approximate surface area is 147 Å². The van der Waals surface area contributed by atoms with Gasteiger partial charge in [0.05, 0.1) is 17.4 Å². The number of rotatable bonds is 3. The Kier molecular flexibility index (Phi) is 3.91. The van der Waals surface area contributed by atoms with Crippen molar-refractivity contribution in [1.29, 1.82) is 0 Å². The second kappa shape index (κ2) is 6.21. The summed E-state index contributed by atoms with van der Waals surface area (Å²) < 4.78 is 6.07. The molecule has 1 aliphatic rings. The Morgan fingerprint density at radius 2 is 1.38 bits per heavy atom. The molecule has 1 unspecified atom stereocenters. The van der Waals surface area contributed by atoms with Crippen LogP contribution in [0.5, 0.6) is 11.5 Å². The van der Waals surface area contributed by atoms with Crippen LogP contribution in [0.4, 0.5) is 11.4 Å². The van der Waals surface area contributed by atoms with Crippen LogP contribution < -0.4 is 9.64 Å². The lowest BCUT2D eigenvalue weighted by Crippen LogP contribution is -2.24. The van der Waals surface area contributed by atoms with E-state index >= 15 is 0 Å². The Morgan fingerprint density at radius 3 is 1.92 bits per heavy atom. The Bertz CT molecular complexity index is 814. The summed E-state index contributed by atoms with van der Waals surface area (Å²) in [6.45, 7) is 2.22. The first kappa shape index (κ1) is 15.1. The van der Waals surface area contributed by atoms with Gasteiger partial charge in [-0.15, -0.1) is 11.6 Å². The number of nitrogens with zero attached hydrogens (tertiary/aromatic N) is 1. The number of hydrogen-bond acceptors (Lipinski definition) is 2. The van der Waals surface area contributed by atoms with Crippen LogP contribution in [0.1, 0.15) is 24.1 Å². The summed E-state index contributed by atoms with van der Waals surface area (Å²) in [5.74, 6) is 2.32. The zero-order valence-electron chi connectivity index (χ0n) is 13.4. The molecule has 0 bridgehead atoms. The van der Waals surface area contributed by atoms with E-state index in [1.54, 1.807) is 0 Å². The van der Waals surface area contributed by atoms with Gasteiger partial charge in [0.15, 0.2) is 11.5 Å². The summed E-state index contributed by atoms with van der Waals surface area (Å²) in [6.07, 6.45) is 0. The normalized spacial score (nSPS) is 13.7. The van der Waals surface area contributed by atoms with E-state index in [2.05, 4.69) is 48.2 Å². The van der Waals surface area contributed by atoms with Crippen molar-refractivity contribution in [3.05, 3.63) is 83.9 Å². The van der Waals surface area contributed by atoms with Crippen LogP contribution in [0.2, 0.25) is 0 Å². The van der Waals surface area contributed by atoms with E-state index in [-0.39, 0.29) is 6.04 Å². The number of anilines is 2. The monoisotopic (exact) mass is 335 g/mol. The molecule has 4 rings (SSSR count). The molecule has 0 amide bonds. The molecule has 0 aromatic heterocycles. The van der Waals surface area contributed by atoms with Gasteiger partial charge in [0, 0.05) is 5.88 Å². The molecule has 0 saturated heterocycles. The number of ether oxygens (including phenoxy) is 1. The molecule has 3 heteroatoms. The Hall–Kier alpha value is -2.45. The van der Waals surface area contributed by atoms with E-state index in [1.807, 2.05) is 36.4 Å². The summed E-state index contributed by atoms with van der Waals surface area (Å²) >= 11 is 5.91. The van der Waals surface area contributed by atoms with E-state index in [1.165, 1.54) is 5.56 Å². The standard InChI is InChI=1S/C21H18ClNO/c1-15(17-12-10-16(14-22)11-13-17)23-18-6-2-4-8-20(18)24-21-9-5-3-7-19(21)23/h2-13,15H,14H2,1H3. The average molecular weight is 336 g/mol. The van der Waals surface area contributed by atoms with Gasteiger partial charge in [0.1, 0.15) is 0 Å². The summed E-state index contributed by atoms with van der Waals surface area (Å²) in [6, 6.07) is 25.0. The molecule has 0 fully saturated rings. The molecular formula is C21H18ClNO. The third kappa shape index (κ3) is 2.53. The highest BCUT2D eigenvalue weighted by atomic mass is 35.5. The van der Waals surface area contributed by atoms with Crippen molar-refractivity contribution in [1.82, 2.24) is 0 Å². The SMILES string of the molecule is CC(c1ccc(CCl)cc1)N1c2ccccc2Oc2ccccc21. The second-order valence-electron chi connectivity index (χ2n) is 5.96. The van der Waals surface area contributed by atoms with Crippen molar-refractivity contribution in [2.24, 2.45) is 0 Å². The molecule has 0 spiro atoms. The first-order chi connectivity index (χ1) is 11.8. The van der Waals surface area contributed by atoms with E-state index < -0.39 is 0 Å². The smallest absolute Gasteiger partial charge is 0.151 e. The molecule has 120 valence electrons. The minimum absolute atomic E-state index is 0.181. The van der Waals surface area contributed by atoms with Gasteiger partial charge in [-0.25, -0.2) is 0 Å². The maximum Gasteiger partial charge on any atom is 0.151 e. The minimum Gasteiger partial charge on any atom is -0.453 e. The van der Waals surface area contributed by atoms with E-state index in [0.29, 0.717) is 5.88 Å². The predicted octanol–water partition coefficient (Wildman–Crippen LogP) is 6.43. The average Bonchev–Trinajstić information content (AvgIpc) is 2.65. The molecule has 1 aliphatic heterocycles. The van der Waals surface area contributed by atoms with Crippen LogP contribution in [-0.4, -0.2) is 0 Å². The summed E-state index contributed by atoms with van der Waals surface area (Å²) in [5, 5.41) is 0. The van der Waals surface area contributed by atoms with Gasteiger partial charge in [-0.3, -0.25) is 0 Å². The number of para-hydroxylation sites is 4. The van der Waals surface area contributed by atoms with Crippen molar-refractivity contribution >= 4 is 23.0 Å². The number of fused-ring (bicyclic) bond motifs is 2. The molecule has 0 radical (unpaired) electrons.